The Labute approximate surface area is 411 Å². The lowest BCUT2D eigenvalue weighted by Crippen LogP contribution is -2.19. The van der Waals surface area contributed by atoms with Crippen LogP contribution in [0.5, 0.6) is 34.5 Å². The van der Waals surface area contributed by atoms with Gasteiger partial charge >= 0.3 is 0 Å². The fourth-order valence-corrected chi connectivity index (χ4v) is 7.86. The number of fused-ring (bicyclic) bond motifs is 1. The first-order valence-corrected chi connectivity index (χ1v) is 23.2. The molecular formula is C54H58N6O11. The number of para-hydroxylation sites is 2. The zero-order valence-electron chi connectivity index (χ0n) is 40.8. The molecule has 8 rings (SSSR count). The van der Waals surface area contributed by atoms with Gasteiger partial charge < -0.3 is 42.6 Å². The number of rotatable bonds is 14. The van der Waals surface area contributed by atoms with E-state index in [4.69, 9.17) is 42.6 Å². The molecule has 0 spiro atoms. The molecule has 1 aliphatic rings. The van der Waals surface area contributed by atoms with Gasteiger partial charge in [0.15, 0.2) is 45.9 Å². The minimum atomic E-state index is -0.227. The molecule has 0 fully saturated rings. The van der Waals surface area contributed by atoms with E-state index in [0.29, 0.717) is 96.6 Å². The van der Waals surface area contributed by atoms with Gasteiger partial charge in [-0.25, -0.2) is 19.3 Å². The molecule has 5 aromatic carbocycles. The van der Waals surface area contributed by atoms with Crippen LogP contribution in [0.1, 0.15) is 33.6 Å². The maximum Gasteiger partial charge on any atom is 0.297 e. The number of benzene rings is 5. The van der Waals surface area contributed by atoms with Crippen molar-refractivity contribution in [1.29, 1.82) is 0 Å². The third-order valence-electron chi connectivity index (χ3n) is 11.9. The zero-order chi connectivity index (χ0) is 49.7. The zero-order valence-corrected chi connectivity index (χ0v) is 40.8. The second-order valence-corrected chi connectivity index (χ2v) is 16.3. The van der Waals surface area contributed by atoms with Gasteiger partial charge in [-0.15, -0.1) is 0 Å². The van der Waals surface area contributed by atoms with Crippen LogP contribution in [-0.4, -0.2) is 98.2 Å². The van der Waals surface area contributed by atoms with Gasteiger partial charge in [-0.05, 0) is 109 Å². The van der Waals surface area contributed by atoms with Gasteiger partial charge in [-0.2, -0.15) is 0 Å². The van der Waals surface area contributed by atoms with Gasteiger partial charge in [0.05, 0.1) is 76.6 Å². The molecule has 0 saturated heterocycles. The summed E-state index contributed by atoms with van der Waals surface area (Å²) in [5.41, 5.74) is 6.05. The number of hydrogen-bond donors (Lipinski definition) is 0. The number of nitrogens with zero attached hydrogens (tertiary/aromatic N) is 6. The Balaban J connectivity index is 1.04. The largest absolute Gasteiger partial charge is 0.493 e. The van der Waals surface area contributed by atoms with Gasteiger partial charge in [-0.3, -0.25) is 19.0 Å². The maximum atomic E-state index is 13.5. The normalized spacial score (nSPS) is 13.8. The lowest BCUT2D eigenvalue weighted by molar-refractivity contribution is 0.00708. The summed E-state index contributed by atoms with van der Waals surface area (Å²) in [5, 5.41) is 0. The highest BCUT2D eigenvalue weighted by atomic mass is 16.6. The topological polar surface area (TPSA) is 162 Å². The van der Waals surface area contributed by atoms with E-state index in [-0.39, 0.29) is 37.5 Å². The summed E-state index contributed by atoms with van der Waals surface area (Å²) in [6.45, 7) is 6.88. The minimum Gasteiger partial charge on any atom is -0.493 e. The molecule has 0 saturated carbocycles. The molecule has 17 heteroatoms. The van der Waals surface area contributed by atoms with Gasteiger partial charge in [-0.1, -0.05) is 36.4 Å². The van der Waals surface area contributed by atoms with Crippen molar-refractivity contribution in [3.63, 3.8) is 0 Å². The third kappa shape index (κ3) is 11.8. The van der Waals surface area contributed by atoms with E-state index in [0.717, 1.165) is 33.9 Å². The SMILES string of the molecule is COc1cc(C=Nc2c(C)n(C)n(-c3ccccc3)c2=O)ccc1OCc1cc2c(cc1COc1ccc(C=Nc3c(C)n(C)n(-c4ccccc4)c3=O)cc1OC)OCCOCCOCCOCCO2. The lowest BCUT2D eigenvalue weighted by Gasteiger charge is -2.19. The summed E-state index contributed by atoms with van der Waals surface area (Å²) in [7, 11) is 6.79. The Morgan fingerprint density at radius 1 is 0.507 bits per heavy atom. The van der Waals surface area contributed by atoms with E-state index in [1.807, 2.05) is 113 Å². The molecule has 0 bridgehead atoms. The molecule has 1 aliphatic heterocycles. The Kier molecular flexibility index (Phi) is 16.5. The monoisotopic (exact) mass is 966 g/mol. The van der Waals surface area contributed by atoms with E-state index < -0.39 is 0 Å². The Bertz CT molecular complexity index is 2890. The summed E-state index contributed by atoms with van der Waals surface area (Å²) in [5.74, 6) is 2.87. The number of ether oxygens (including phenoxy) is 9. The molecule has 0 aliphatic carbocycles. The van der Waals surface area contributed by atoms with Gasteiger partial charge in [0.25, 0.3) is 11.1 Å². The van der Waals surface area contributed by atoms with Crippen molar-refractivity contribution in [2.45, 2.75) is 27.1 Å². The smallest absolute Gasteiger partial charge is 0.297 e. The van der Waals surface area contributed by atoms with Crippen molar-refractivity contribution in [2.75, 3.05) is 67.1 Å². The molecular weight excluding hydrogens is 909 g/mol. The summed E-state index contributed by atoms with van der Waals surface area (Å²) in [6.07, 6.45) is 3.27. The Morgan fingerprint density at radius 2 is 0.887 bits per heavy atom. The second-order valence-electron chi connectivity index (χ2n) is 16.3. The average Bonchev–Trinajstić information content (AvgIpc) is 3.74. The number of aromatic nitrogens is 4. The van der Waals surface area contributed by atoms with Crippen molar-refractivity contribution in [3.05, 3.63) is 164 Å². The van der Waals surface area contributed by atoms with Crippen LogP contribution in [-0.2, 0) is 41.5 Å². The van der Waals surface area contributed by atoms with Crippen LogP contribution in [0.3, 0.4) is 0 Å². The lowest BCUT2D eigenvalue weighted by atomic mass is 10.1. The van der Waals surface area contributed by atoms with Crippen molar-refractivity contribution in [3.8, 4) is 45.9 Å². The maximum absolute atomic E-state index is 13.5. The molecule has 0 unspecified atom stereocenters. The van der Waals surface area contributed by atoms with Crippen LogP contribution >= 0.6 is 0 Å². The van der Waals surface area contributed by atoms with Crippen LogP contribution in [0.2, 0.25) is 0 Å². The quantitative estimate of drug-likeness (QED) is 0.0980. The number of methoxy groups -OCH3 is 2. The van der Waals surface area contributed by atoms with Crippen LogP contribution in [0.15, 0.2) is 129 Å². The third-order valence-corrected chi connectivity index (χ3v) is 11.9. The summed E-state index contributed by atoms with van der Waals surface area (Å²) < 4.78 is 60.9. The van der Waals surface area contributed by atoms with E-state index in [1.165, 1.54) is 0 Å². The molecule has 0 N–H and O–H groups in total. The predicted molar refractivity (Wildman–Crippen MR) is 271 cm³/mol. The van der Waals surface area contributed by atoms with Gasteiger partial charge in [0.2, 0.25) is 0 Å². The standard InChI is InChI=1S/C54H58N6O11/c1-37-51(53(61)59(57(37)3)43-13-9-7-10-14-43)55-33-39-17-19-45(47(29-39)63-5)70-35-41-31-49-50(69-28-26-67-24-22-65-21-23-66-25-27-68-49)32-42(41)36-71-46-20-18-40(30-48(46)64-6)34-56-52-38(2)58(4)60(54(52)62)44-15-11-8-12-16-44/h7-20,29-34H,21-28,35-36H2,1-6H3. The minimum absolute atomic E-state index is 0.0930. The molecule has 0 radical (unpaired) electrons. The van der Waals surface area contributed by atoms with E-state index >= 15 is 0 Å². The average molecular weight is 967 g/mol. The molecule has 17 nitrogen and oxygen atoms in total. The van der Waals surface area contributed by atoms with E-state index in [9.17, 15) is 9.59 Å². The van der Waals surface area contributed by atoms with Crippen molar-refractivity contribution in [2.24, 2.45) is 24.1 Å². The number of hydrogen-bond acceptors (Lipinski definition) is 13. The molecule has 3 heterocycles. The van der Waals surface area contributed by atoms with Crippen molar-refractivity contribution < 1.29 is 42.6 Å². The fourth-order valence-electron chi connectivity index (χ4n) is 7.86. The number of aliphatic imine (C=N–C) groups is 2. The Hall–Kier alpha value is -7.86. The van der Waals surface area contributed by atoms with Gasteiger partial charge in [0.1, 0.15) is 26.4 Å². The molecule has 71 heavy (non-hydrogen) atoms. The van der Waals surface area contributed by atoms with E-state index in [2.05, 4.69) is 9.98 Å². The van der Waals surface area contributed by atoms with Crippen LogP contribution < -0.4 is 39.5 Å². The molecule has 2 aromatic heterocycles. The first-order valence-electron chi connectivity index (χ1n) is 23.2. The molecule has 0 atom stereocenters. The Morgan fingerprint density at radius 3 is 1.27 bits per heavy atom. The van der Waals surface area contributed by atoms with Gasteiger partial charge in [0, 0.05) is 26.5 Å². The highest BCUT2D eigenvalue weighted by Gasteiger charge is 2.19. The molecule has 370 valence electrons. The second kappa shape index (κ2) is 23.6. The predicted octanol–water partition coefficient (Wildman–Crippen LogP) is 7.78. The van der Waals surface area contributed by atoms with Crippen LogP contribution in [0.4, 0.5) is 11.4 Å². The molecule has 7 aromatic rings. The van der Waals surface area contributed by atoms with Crippen LogP contribution in [0.25, 0.3) is 11.4 Å². The first kappa shape index (κ1) is 49.6. The summed E-state index contributed by atoms with van der Waals surface area (Å²) in [4.78, 5) is 36.3. The summed E-state index contributed by atoms with van der Waals surface area (Å²) >= 11 is 0. The van der Waals surface area contributed by atoms with E-state index in [1.54, 1.807) is 69.6 Å². The van der Waals surface area contributed by atoms with Crippen molar-refractivity contribution >= 4 is 23.8 Å². The highest BCUT2D eigenvalue weighted by Crippen LogP contribution is 2.36. The highest BCUT2D eigenvalue weighted by molar-refractivity contribution is 5.84. The van der Waals surface area contributed by atoms with Crippen molar-refractivity contribution in [1.82, 2.24) is 18.7 Å². The fraction of sp³-hybridized carbons (Fsp3) is 0.296. The first-order chi connectivity index (χ1) is 34.6. The molecule has 0 amide bonds. The summed E-state index contributed by atoms with van der Waals surface area (Å²) in [6, 6.07) is 33.5. The van der Waals surface area contributed by atoms with Crippen LogP contribution in [0, 0.1) is 13.8 Å².